The summed E-state index contributed by atoms with van der Waals surface area (Å²) in [5.74, 6) is 0.0286. The number of carbonyl (C=O) groups is 1. The minimum absolute atomic E-state index is 0.0611. The maximum absolute atomic E-state index is 11.7. The lowest BCUT2D eigenvalue weighted by molar-refractivity contribution is 0.0941. The van der Waals surface area contributed by atoms with E-state index in [1.54, 1.807) is 23.0 Å². The highest BCUT2D eigenvalue weighted by atomic mass is 32.2. The number of rotatable bonds is 2. The van der Waals surface area contributed by atoms with Crippen LogP contribution >= 0.6 is 0 Å². The smallest absolute Gasteiger partial charge is 0.253 e. The van der Waals surface area contributed by atoms with E-state index in [4.69, 9.17) is 0 Å². The second-order valence-electron chi connectivity index (χ2n) is 4.14. The number of hydrogen-bond donors (Lipinski definition) is 1. The lowest BCUT2D eigenvalue weighted by Gasteiger charge is -2.09. The molecule has 1 amide bonds. The van der Waals surface area contributed by atoms with Crippen molar-refractivity contribution in [3.63, 3.8) is 0 Å². The molecule has 2 rings (SSSR count). The van der Waals surface area contributed by atoms with E-state index in [1.165, 1.54) is 0 Å². The average molecular weight is 242 g/mol. The van der Waals surface area contributed by atoms with Crippen LogP contribution in [0.2, 0.25) is 0 Å². The Kier molecular flexibility index (Phi) is 2.75. The van der Waals surface area contributed by atoms with Crippen molar-refractivity contribution in [2.75, 3.05) is 11.5 Å². The van der Waals surface area contributed by atoms with Gasteiger partial charge in [-0.15, -0.1) is 0 Å². The molecule has 5 nitrogen and oxygen atoms in total. The summed E-state index contributed by atoms with van der Waals surface area (Å²) in [4.78, 5) is 11.7. The van der Waals surface area contributed by atoms with Crippen LogP contribution in [0.3, 0.4) is 0 Å². The molecule has 1 aromatic heterocycles. The highest BCUT2D eigenvalue weighted by Gasteiger charge is 2.29. The van der Waals surface area contributed by atoms with Crippen LogP contribution in [0.25, 0.3) is 0 Å². The first-order valence-electron chi connectivity index (χ1n) is 5.09. The minimum atomic E-state index is -2.94. The molecule has 0 radical (unpaired) electrons. The van der Waals surface area contributed by atoms with Gasteiger partial charge < -0.3 is 9.88 Å². The van der Waals surface area contributed by atoms with Crippen LogP contribution in [0.5, 0.6) is 0 Å². The number of aromatic nitrogens is 1. The van der Waals surface area contributed by atoms with Crippen LogP contribution in [0, 0.1) is 0 Å². The summed E-state index contributed by atoms with van der Waals surface area (Å²) in [5, 5.41) is 2.73. The van der Waals surface area contributed by atoms with Gasteiger partial charge in [0.05, 0.1) is 17.1 Å². The molecule has 1 saturated heterocycles. The number of nitrogens with zero attached hydrogens (tertiary/aromatic N) is 1. The Morgan fingerprint density at radius 1 is 1.56 bits per heavy atom. The first-order chi connectivity index (χ1) is 7.46. The summed E-state index contributed by atoms with van der Waals surface area (Å²) >= 11 is 0. The van der Waals surface area contributed by atoms with E-state index in [0.29, 0.717) is 12.0 Å². The summed E-state index contributed by atoms with van der Waals surface area (Å²) in [6, 6.07) is 1.47. The number of aryl methyl sites for hydroxylation is 1. The standard InChI is InChI=1S/C10H14N2O3S/c1-12-4-2-8(6-12)10(13)11-9-3-5-16(14,15)7-9/h2,4,6,9H,3,5,7H2,1H3,(H,11,13). The fourth-order valence-corrected chi connectivity index (χ4v) is 3.49. The lowest BCUT2D eigenvalue weighted by atomic mass is 10.2. The number of sulfone groups is 1. The van der Waals surface area contributed by atoms with Crippen molar-refractivity contribution in [2.24, 2.45) is 7.05 Å². The van der Waals surface area contributed by atoms with Gasteiger partial charge in [-0.3, -0.25) is 4.79 Å². The summed E-state index contributed by atoms with van der Waals surface area (Å²) in [6.07, 6.45) is 4.00. The van der Waals surface area contributed by atoms with Crippen molar-refractivity contribution in [3.8, 4) is 0 Å². The van der Waals surface area contributed by atoms with Gasteiger partial charge in [-0.25, -0.2) is 8.42 Å². The van der Waals surface area contributed by atoms with E-state index in [2.05, 4.69) is 5.32 Å². The molecule has 1 fully saturated rings. The maximum Gasteiger partial charge on any atom is 0.253 e. The van der Waals surface area contributed by atoms with Crippen molar-refractivity contribution in [2.45, 2.75) is 12.5 Å². The third-order valence-electron chi connectivity index (χ3n) is 2.66. The van der Waals surface area contributed by atoms with Crippen LogP contribution < -0.4 is 5.32 Å². The number of hydrogen-bond acceptors (Lipinski definition) is 3. The van der Waals surface area contributed by atoms with Crippen LogP contribution in [-0.2, 0) is 16.9 Å². The third-order valence-corrected chi connectivity index (χ3v) is 4.43. The zero-order valence-electron chi connectivity index (χ0n) is 9.01. The van der Waals surface area contributed by atoms with Crippen LogP contribution in [0.1, 0.15) is 16.8 Å². The Labute approximate surface area is 94.4 Å². The third kappa shape index (κ3) is 2.44. The zero-order chi connectivity index (χ0) is 11.8. The summed E-state index contributed by atoms with van der Waals surface area (Å²) < 4.78 is 24.2. The minimum Gasteiger partial charge on any atom is -0.356 e. The molecule has 0 saturated carbocycles. The fourth-order valence-electron chi connectivity index (χ4n) is 1.82. The van der Waals surface area contributed by atoms with E-state index < -0.39 is 9.84 Å². The molecule has 2 heterocycles. The molecular formula is C10H14N2O3S. The Bertz CT molecular complexity index is 504. The van der Waals surface area contributed by atoms with Crippen LogP contribution in [-0.4, -0.2) is 36.4 Å². The molecule has 1 N–H and O–H groups in total. The molecule has 16 heavy (non-hydrogen) atoms. The quantitative estimate of drug-likeness (QED) is 0.790. The predicted octanol–water partition coefficient (Wildman–Crippen LogP) is -0.0580. The second kappa shape index (κ2) is 3.93. The molecule has 6 heteroatoms. The first-order valence-corrected chi connectivity index (χ1v) is 6.92. The lowest BCUT2D eigenvalue weighted by Crippen LogP contribution is -2.35. The molecule has 1 atom stereocenters. The average Bonchev–Trinajstić information content (AvgIpc) is 2.73. The number of amides is 1. The molecule has 0 aromatic carbocycles. The van der Waals surface area contributed by atoms with Crippen molar-refractivity contribution in [1.82, 2.24) is 9.88 Å². The van der Waals surface area contributed by atoms with Gasteiger partial charge in [0.1, 0.15) is 0 Å². The van der Waals surface area contributed by atoms with Gasteiger partial charge in [0.2, 0.25) is 0 Å². The number of carbonyl (C=O) groups excluding carboxylic acids is 1. The van der Waals surface area contributed by atoms with Crippen LogP contribution in [0.15, 0.2) is 18.5 Å². The fraction of sp³-hybridized carbons (Fsp3) is 0.500. The van der Waals surface area contributed by atoms with E-state index in [0.717, 1.165) is 0 Å². The number of nitrogens with one attached hydrogen (secondary N) is 1. The Hall–Kier alpha value is -1.30. The van der Waals surface area contributed by atoms with Crippen molar-refractivity contribution >= 4 is 15.7 Å². The van der Waals surface area contributed by atoms with Crippen molar-refractivity contribution < 1.29 is 13.2 Å². The van der Waals surface area contributed by atoms with Gasteiger partial charge in [-0.2, -0.15) is 0 Å². The van der Waals surface area contributed by atoms with Gasteiger partial charge in [-0.05, 0) is 12.5 Å². The van der Waals surface area contributed by atoms with Crippen molar-refractivity contribution in [1.29, 1.82) is 0 Å². The van der Waals surface area contributed by atoms with Gasteiger partial charge in [0, 0.05) is 25.5 Å². The van der Waals surface area contributed by atoms with Gasteiger partial charge >= 0.3 is 0 Å². The molecule has 0 spiro atoms. The summed E-state index contributed by atoms with van der Waals surface area (Å²) in [7, 11) is -1.11. The van der Waals surface area contributed by atoms with E-state index >= 15 is 0 Å². The highest BCUT2D eigenvalue weighted by molar-refractivity contribution is 7.91. The SMILES string of the molecule is Cn1ccc(C(=O)NC2CCS(=O)(=O)C2)c1. The highest BCUT2D eigenvalue weighted by Crippen LogP contribution is 2.12. The van der Waals surface area contributed by atoms with Gasteiger partial charge in [-0.1, -0.05) is 0 Å². The Balaban J connectivity index is 1.99. The van der Waals surface area contributed by atoms with Gasteiger partial charge in [0.15, 0.2) is 9.84 Å². The molecule has 0 aliphatic carbocycles. The van der Waals surface area contributed by atoms with E-state index in [9.17, 15) is 13.2 Å². The zero-order valence-corrected chi connectivity index (χ0v) is 9.83. The monoisotopic (exact) mass is 242 g/mol. The normalized spacial score (nSPS) is 23.2. The van der Waals surface area contributed by atoms with Gasteiger partial charge in [0.25, 0.3) is 5.91 Å². The molecule has 1 aliphatic rings. The predicted molar refractivity (Wildman–Crippen MR) is 59.9 cm³/mol. The topological polar surface area (TPSA) is 68.2 Å². The molecule has 88 valence electrons. The summed E-state index contributed by atoms with van der Waals surface area (Å²) in [5.41, 5.74) is 0.562. The van der Waals surface area contributed by atoms with Crippen LogP contribution in [0.4, 0.5) is 0 Å². The largest absolute Gasteiger partial charge is 0.356 e. The maximum atomic E-state index is 11.7. The van der Waals surface area contributed by atoms with E-state index in [1.807, 2.05) is 7.05 Å². The Morgan fingerprint density at radius 2 is 2.31 bits per heavy atom. The summed E-state index contributed by atoms with van der Waals surface area (Å²) in [6.45, 7) is 0. The Morgan fingerprint density at radius 3 is 2.81 bits per heavy atom. The molecule has 1 unspecified atom stereocenters. The van der Waals surface area contributed by atoms with Crippen molar-refractivity contribution in [3.05, 3.63) is 24.0 Å². The second-order valence-corrected chi connectivity index (χ2v) is 6.37. The molecule has 0 bridgehead atoms. The first kappa shape index (κ1) is 11.2. The van der Waals surface area contributed by atoms with E-state index in [-0.39, 0.29) is 23.5 Å². The molecule has 1 aliphatic heterocycles. The molecule has 1 aromatic rings. The molecular weight excluding hydrogens is 228 g/mol.